The number of thiazole rings is 2. The van der Waals surface area contributed by atoms with Crippen molar-refractivity contribution in [1.82, 2.24) is 19.4 Å². The smallest absolute Gasteiger partial charge is 0.412 e. The minimum atomic E-state index is -3.50. The van der Waals surface area contributed by atoms with Crippen molar-refractivity contribution >= 4 is 71.7 Å². The maximum Gasteiger partial charge on any atom is 0.412 e. The van der Waals surface area contributed by atoms with Gasteiger partial charge < -0.3 is 14.4 Å². The van der Waals surface area contributed by atoms with E-state index >= 15 is 0 Å². The Bertz CT molecular complexity index is 1730. The zero-order chi connectivity index (χ0) is 27.9. The molecule has 1 unspecified atom stereocenters. The van der Waals surface area contributed by atoms with Crippen molar-refractivity contribution in [3.63, 3.8) is 0 Å². The largest absolute Gasteiger partial charge is 0.480 e. The molecular formula is C23H18ClN5O7S3. The fourth-order valence-corrected chi connectivity index (χ4v) is 7.01. The first-order valence-corrected chi connectivity index (χ1v) is 15.0. The molecule has 1 aromatic carbocycles. The highest BCUT2D eigenvalue weighted by Crippen LogP contribution is 2.41. The number of carboxylic acid groups (broad SMARTS) is 1. The Kier molecular flexibility index (Phi) is 7.08. The number of ether oxygens (including phenoxy) is 1. The summed E-state index contributed by atoms with van der Waals surface area (Å²) in [6.07, 6.45) is 0.885. The van der Waals surface area contributed by atoms with Crippen molar-refractivity contribution in [1.29, 1.82) is 0 Å². The average molecular weight is 608 g/mol. The van der Waals surface area contributed by atoms with Crippen LogP contribution in [0.15, 0.2) is 35.1 Å². The summed E-state index contributed by atoms with van der Waals surface area (Å²) in [5.41, 5.74) is -0.412. The number of carbonyl (C=O) groups excluding carboxylic acids is 1. The van der Waals surface area contributed by atoms with Crippen molar-refractivity contribution in [2.45, 2.75) is 18.4 Å². The van der Waals surface area contributed by atoms with Crippen LogP contribution in [0.5, 0.6) is 0 Å². The zero-order valence-electron chi connectivity index (χ0n) is 20.2. The number of hydrogen-bond donors (Lipinski definition) is 2. The van der Waals surface area contributed by atoms with Gasteiger partial charge in [0.1, 0.15) is 28.5 Å². The van der Waals surface area contributed by atoms with Gasteiger partial charge in [-0.3, -0.25) is 10.1 Å². The number of aromatic nitrogens is 3. The van der Waals surface area contributed by atoms with E-state index in [0.29, 0.717) is 25.3 Å². The molecule has 0 radical (unpaired) electrons. The Labute approximate surface area is 234 Å². The first kappa shape index (κ1) is 27.0. The number of fused-ring (bicyclic) bond motifs is 1. The van der Waals surface area contributed by atoms with Gasteiger partial charge in [-0.05, 0) is 24.8 Å². The highest BCUT2D eigenvalue weighted by atomic mass is 35.5. The number of amides is 1. The zero-order valence-corrected chi connectivity index (χ0v) is 23.4. The van der Waals surface area contributed by atoms with Crippen molar-refractivity contribution < 1.29 is 32.4 Å². The number of nitrogens with one attached hydrogen (secondary N) is 1. The van der Waals surface area contributed by atoms with Gasteiger partial charge in [-0.15, -0.1) is 0 Å². The normalized spacial score (nSPS) is 15.7. The summed E-state index contributed by atoms with van der Waals surface area (Å²) in [5.74, 6) is 4.47. The Morgan fingerprint density at radius 2 is 1.95 bits per heavy atom. The Hall–Kier alpha value is -3.55. The maximum atomic E-state index is 12.4. The van der Waals surface area contributed by atoms with Crippen LogP contribution in [-0.2, 0) is 25.0 Å². The Morgan fingerprint density at radius 1 is 1.23 bits per heavy atom. The molecule has 1 saturated heterocycles. The van der Waals surface area contributed by atoms with Gasteiger partial charge in [0, 0.05) is 23.7 Å². The van der Waals surface area contributed by atoms with E-state index in [4.69, 9.17) is 20.9 Å². The van der Waals surface area contributed by atoms with E-state index in [-0.39, 0.29) is 29.5 Å². The van der Waals surface area contributed by atoms with E-state index in [1.807, 2.05) is 0 Å². The number of carbonyl (C=O) groups is 2. The molecule has 202 valence electrons. The summed E-state index contributed by atoms with van der Waals surface area (Å²) in [6.45, 7) is 1.32. The van der Waals surface area contributed by atoms with E-state index in [1.165, 1.54) is 6.26 Å². The number of halogens is 1. The van der Waals surface area contributed by atoms with Gasteiger partial charge in [0.25, 0.3) is 0 Å². The second-order valence-electron chi connectivity index (χ2n) is 8.59. The van der Waals surface area contributed by atoms with Crippen molar-refractivity contribution in [2.24, 2.45) is 0 Å². The number of aliphatic carboxylic acids is 1. The van der Waals surface area contributed by atoms with Gasteiger partial charge in [-0.25, -0.2) is 23.2 Å². The second kappa shape index (κ2) is 10.2. The second-order valence-corrected chi connectivity index (χ2v) is 12.9. The van der Waals surface area contributed by atoms with Crippen LogP contribution in [0, 0.1) is 11.8 Å². The van der Waals surface area contributed by atoms with Crippen LogP contribution in [0.3, 0.4) is 0 Å². The number of sulfonamides is 1. The predicted molar refractivity (Wildman–Crippen MR) is 143 cm³/mol. The molecule has 16 heteroatoms. The molecule has 2 N–H and O–H groups in total. The number of nitrogens with zero attached hydrogens (tertiary/aromatic N) is 4. The monoisotopic (exact) mass is 607 g/mol. The quantitative estimate of drug-likeness (QED) is 0.309. The SMILES string of the molecule is CC(OC(=O)Nc1conc1C#Cc1nc2sc(C3(C(=O)O)CN(S(C)(=O)=O)C3)nc2s1)c1ccccc1Cl. The van der Waals surface area contributed by atoms with Crippen molar-refractivity contribution in [3.8, 4) is 11.8 Å². The fourth-order valence-electron chi connectivity index (χ4n) is 3.75. The molecule has 1 aliphatic rings. The predicted octanol–water partition coefficient (Wildman–Crippen LogP) is 3.70. The van der Waals surface area contributed by atoms with Crippen LogP contribution in [0.25, 0.3) is 9.66 Å². The molecule has 12 nitrogen and oxygen atoms in total. The van der Waals surface area contributed by atoms with Crippen molar-refractivity contribution in [3.05, 3.63) is 56.8 Å². The molecule has 0 aliphatic carbocycles. The lowest BCUT2D eigenvalue weighted by atomic mass is 9.82. The van der Waals surface area contributed by atoms with Gasteiger partial charge in [0.05, 0.1) is 6.26 Å². The standard InChI is InChI=1S/C23H18ClN5O7S3/c1-12(13-5-3-4-6-14(13)24)36-22(32)25-16-9-35-28-15(16)7-8-17-26-18-19(37-17)27-20(38-18)23(21(30)31)10-29(11-23)39(2,33)34/h3-6,9,12H,10-11H2,1-2H3,(H,25,32)(H,30,31). The van der Waals surface area contributed by atoms with E-state index in [2.05, 4.69) is 32.3 Å². The lowest BCUT2D eigenvalue weighted by molar-refractivity contribution is -0.148. The van der Waals surface area contributed by atoms with Crippen LogP contribution < -0.4 is 5.32 Å². The van der Waals surface area contributed by atoms with Crippen molar-refractivity contribution in [2.75, 3.05) is 24.7 Å². The summed E-state index contributed by atoms with van der Waals surface area (Å²) < 4.78 is 34.9. The molecule has 4 aromatic rings. The lowest BCUT2D eigenvalue weighted by Gasteiger charge is -2.43. The summed E-state index contributed by atoms with van der Waals surface area (Å²) in [5, 5.41) is 17.3. The molecule has 3 aromatic heterocycles. The molecule has 0 saturated carbocycles. The third kappa shape index (κ3) is 5.34. The number of benzene rings is 1. The van der Waals surface area contributed by atoms with E-state index in [9.17, 15) is 23.1 Å². The molecule has 1 atom stereocenters. The van der Waals surface area contributed by atoms with Crippen LogP contribution in [0.2, 0.25) is 5.02 Å². The third-order valence-corrected chi connectivity index (χ3v) is 9.57. The first-order chi connectivity index (χ1) is 18.5. The Morgan fingerprint density at radius 3 is 2.62 bits per heavy atom. The van der Waals surface area contributed by atoms with Gasteiger partial charge >= 0.3 is 12.1 Å². The molecule has 1 fully saturated rings. The minimum Gasteiger partial charge on any atom is -0.480 e. The molecular weight excluding hydrogens is 590 g/mol. The van der Waals surface area contributed by atoms with E-state index in [0.717, 1.165) is 33.2 Å². The number of carboxylic acids is 1. The molecule has 1 aliphatic heterocycles. The molecule has 5 rings (SSSR count). The maximum absolute atomic E-state index is 12.4. The molecule has 4 heterocycles. The van der Waals surface area contributed by atoms with Gasteiger partial charge in [0.15, 0.2) is 20.4 Å². The van der Waals surface area contributed by atoms with Gasteiger partial charge in [-0.2, -0.15) is 4.31 Å². The van der Waals surface area contributed by atoms with Gasteiger partial charge in [0.2, 0.25) is 10.0 Å². The van der Waals surface area contributed by atoms with E-state index in [1.54, 1.807) is 31.2 Å². The average Bonchev–Trinajstić information content (AvgIpc) is 3.51. The van der Waals surface area contributed by atoms with Crippen LogP contribution >= 0.6 is 34.3 Å². The molecule has 1 amide bonds. The third-order valence-electron chi connectivity index (χ3n) is 5.88. The molecule has 0 spiro atoms. The van der Waals surface area contributed by atoms with Crippen LogP contribution in [0.4, 0.5) is 10.5 Å². The first-order valence-electron chi connectivity index (χ1n) is 11.1. The van der Waals surface area contributed by atoms with Crippen LogP contribution in [-0.4, -0.2) is 64.4 Å². The highest BCUT2D eigenvalue weighted by molar-refractivity contribution is 7.88. The Balaban J connectivity index is 1.28. The summed E-state index contributed by atoms with van der Waals surface area (Å²) in [4.78, 5) is 34.1. The fraction of sp³-hybridized carbons (Fsp3) is 0.261. The highest BCUT2D eigenvalue weighted by Gasteiger charge is 2.56. The van der Waals surface area contributed by atoms with Crippen LogP contribution in [0.1, 0.15) is 34.3 Å². The molecule has 0 bridgehead atoms. The number of hydrogen-bond acceptors (Lipinski definition) is 11. The number of rotatable bonds is 6. The molecule has 39 heavy (non-hydrogen) atoms. The summed E-state index contributed by atoms with van der Waals surface area (Å²) in [6, 6.07) is 7.02. The van der Waals surface area contributed by atoms with E-state index < -0.39 is 33.6 Å². The minimum absolute atomic E-state index is 0.143. The lowest BCUT2D eigenvalue weighted by Crippen LogP contribution is -2.64. The summed E-state index contributed by atoms with van der Waals surface area (Å²) >= 11 is 8.38. The van der Waals surface area contributed by atoms with Gasteiger partial charge in [-0.1, -0.05) is 57.6 Å². The number of anilines is 1. The summed E-state index contributed by atoms with van der Waals surface area (Å²) in [7, 11) is -3.50. The topological polar surface area (TPSA) is 165 Å².